The van der Waals surface area contributed by atoms with Gasteiger partial charge in [-0.2, -0.15) is 0 Å². The number of rotatable bonds is 4. The molecule has 4 heteroatoms. The van der Waals surface area contributed by atoms with Crippen LogP contribution in [0.1, 0.15) is 22.8 Å². The van der Waals surface area contributed by atoms with Crippen LogP contribution in [0.3, 0.4) is 0 Å². The molecule has 82 valence electrons. The molecule has 0 radical (unpaired) electrons. The van der Waals surface area contributed by atoms with Crippen LogP contribution in [-0.2, 0) is 6.42 Å². The van der Waals surface area contributed by atoms with Gasteiger partial charge < -0.3 is 14.6 Å². The number of carboxylic acid groups (broad SMARTS) is 1. The SMILES string of the molecule is CCc1cc(OC)c(C(=O)O)cc1OC. The van der Waals surface area contributed by atoms with Gasteiger partial charge in [-0.15, -0.1) is 0 Å². The van der Waals surface area contributed by atoms with Gasteiger partial charge in [-0.25, -0.2) is 4.79 Å². The molecule has 0 amide bonds. The maximum atomic E-state index is 10.9. The van der Waals surface area contributed by atoms with Crippen molar-refractivity contribution in [2.24, 2.45) is 0 Å². The molecule has 0 spiro atoms. The standard InChI is InChI=1S/C11H14O4/c1-4-7-5-10(15-3)8(11(12)13)6-9(7)14-2/h5-6H,4H2,1-3H3,(H,12,13). The van der Waals surface area contributed by atoms with Gasteiger partial charge >= 0.3 is 5.97 Å². The zero-order valence-electron chi connectivity index (χ0n) is 9.03. The van der Waals surface area contributed by atoms with Gasteiger partial charge in [0.05, 0.1) is 14.2 Å². The van der Waals surface area contributed by atoms with Crippen LogP contribution in [0.4, 0.5) is 0 Å². The number of ether oxygens (including phenoxy) is 2. The number of carboxylic acids is 1. The molecule has 0 fully saturated rings. The van der Waals surface area contributed by atoms with E-state index in [1.54, 1.807) is 6.07 Å². The third kappa shape index (κ3) is 2.21. The monoisotopic (exact) mass is 210 g/mol. The van der Waals surface area contributed by atoms with Gasteiger partial charge in [0.25, 0.3) is 0 Å². The molecule has 0 unspecified atom stereocenters. The lowest BCUT2D eigenvalue weighted by Gasteiger charge is -2.11. The molecule has 1 aromatic carbocycles. The fraction of sp³-hybridized carbons (Fsp3) is 0.364. The molecular weight excluding hydrogens is 196 g/mol. The molecule has 0 aliphatic rings. The van der Waals surface area contributed by atoms with Crippen molar-refractivity contribution in [1.82, 2.24) is 0 Å². The summed E-state index contributed by atoms with van der Waals surface area (Å²) in [4.78, 5) is 10.9. The Morgan fingerprint density at radius 1 is 1.27 bits per heavy atom. The number of aromatic carboxylic acids is 1. The number of carbonyl (C=O) groups is 1. The smallest absolute Gasteiger partial charge is 0.339 e. The normalized spacial score (nSPS) is 9.80. The first-order valence-corrected chi connectivity index (χ1v) is 4.62. The molecule has 0 aliphatic carbocycles. The average molecular weight is 210 g/mol. The van der Waals surface area contributed by atoms with E-state index in [0.29, 0.717) is 11.5 Å². The van der Waals surface area contributed by atoms with Crippen LogP contribution in [0.25, 0.3) is 0 Å². The fourth-order valence-corrected chi connectivity index (χ4v) is 1.40. The van der Waals surface area contributed by atoms with Crippen molar-refractivity contribution in [1.29, 1.82) is 0 Å². The lowest BCUT2D eigenvalue weighted by Crippen LogP contribution is -2.03. The molecule has 15 heavy (non-hydrogen) atoms. The van der Waals surface area contributed by atoms with Crippen LogP contribution in [0.15, 0.2) is 12.1 Å². The van der Waals surface area contributed by atoms with E-state index in [1.807, 2.05) is 6.92 Å². The molecule has 1 rings (SSSR count). The van der Waals surface area contributed by atoms with Crippen molar-refractivity contribution in [2.45, 2.75) is 13.3 Å². The van der Waals surface area contributed by atoms with Crippen LogP contribution in [0, 0.1) is 0 Å². The summed E-state index contributed by atoms with van der Waals surface area (Å²) in [5.74, 6) is -0.0800. The van der Waals surface area contributed by atoms with Crippen molar-refractivity contribution in [3.05, 3.63) is 23.3 Å². The predicted octanol–water partition coefficient (Wildman–Crippen LogP) is 1.96. The predicted molar refractivity (Wildman–Crippen MR) is 55.9 cm³/mol. The van der Waals surface area contributed by atoms with Crippen molar-refractivity contribution in [3.8, 4) is 11.5 Å². The van der Waals surface area contributed by atoms with E-state index in [2.05, 4.69) is 0 Å². The first-order chi connectivity index (χ1) is 7.13. The van der Waals surface area contributed by atoms with Crippen LogP contribution in [-0.4, -0.2) is 25.3 Å². The van der Waals surface area contributed by atoms with Gasteiger partial charge in [-0.3, -0.25) is 0 Å². The fourth-order valence-electron chi connectivity index (χ4n) is 1.40. The van der Waals surface area contributed by atoms with Gasteiger partial charge in [0.15, 0.2) is 0 Å². The highest BCUT2D eigenvalue weighted by Crippen LogP contribution is 2.29. The molecule has 0 aromatic heterocycles. The van der Waals surface area contributed by atoms with Crippen molar-refractivity contribution in [2.75, 3.05) is 14.2 Å². The molecule has 0 atom stereocenters. The maximum Gasteiger partial charge on any atom is 0.339 e. The Balaban J connectivity index is 3.34. The van der Waals surface area contributed by atoms with Crippen molar-refractivity contribution >= 4 is 5.97 Å². The first-order valence-electron chi connectivity index (χ1n) is 4.62. The van der Waals surface area contributed by atoms with Crippen LogP contribution < -0.4 is 9.47 Å². The Morgan fingerprint density at radius 2 is 1.87 bits per heavy atom. The second-order valence-corrected chi connectivity index (χ2v) is 3.02. The third-order valence-electron chi connectivity index (χ3n) is 2.21. The average Bonchev–Trinajstić information content (AvgIpc) is 2.26. The summed E-state index contributed by atoms with van der Waals surface area (Å²) >= 11 is 0. The minimum absolute atomic E-state index is 0.117. The van der Waals surface area contributed by atoms with E-state index in [4.69, 9.17) is 14.6 Å². The molecule has 0 saturated heterocycles. The lowest BCUT2D eigenvalue weighted by molar-refractivity contribution is 0.0693. The number of aryl methyl sites for hydroxylation is 1. The molecule has 0 saturated carbocycles. The maximum absolute atomic E-state index is 10.9. The summed E-state index contributed by atoms with van der Waals surface area (Å²) < 4.78 is 10.1. The molecular formula is C11H14O4. The summed E-state index contributed by atoms with van der Waals surface area (Å²) in [6.07, 6.45) is 0.763. The molecule has 4 nitrogen and oxygen atoms in total. The van der Waals surface area contributed by atoms with E-state index in [9.17, 15) is 4.79 Å². The van der Waals surface area contributed by atoms with Crippen LogP contribution in [0.2, 0.25) is 0 Å². The largest absolute Gasteiger partial charge is 0.496 e. The van der Waals surface area contributed by atoms with Crippen LogP contribution in [0.5, 0.6) is 11.5 Å². The molecule has 0 bridgehead atoms. The van der Waals surface area contributed by atoms with E-state index in [-0.39, 0.29) is 5.56 Å². The Kier molecular flexibility index (Phi) is 3.55. The van der Waals surface area contributed by atoms with Gasteiger partial charge in [-0.05, 0) is 24.1 Å². The highest BCUT2D eigenvalue weighted by Gasteiger charge is 2.15. The summed E-state index contributed by atoms with van der Waals surface area (Å²) in [7, 11) is 2.97. The van der Waals surface area contributed by atoms with Gasteiger partial charge in [0.1, 0.15) is 17.1 Å². The zero-order valence-corrected chi connectivity index (χ0v) is 9.03. The highest BCUT2D eigenvalue weighted by atomic mass is 16.5. The minimum atomic E-state index is -1.02. The summed E-state index contributed by atoms with van der Waals surface area (Å²) in [5, 5.41) is 8.94. The second kappa shape index (κ2) is 4.68. The summed E-state index contributed by atoms with van der Waals surface area (Å²) in [6, 6.07) is 3.18. The number of hydrogen-bond donors (Lipinski definition) is 1. The van der Waals surface area contributed by atoms with E-state index >= 15 is 0 Å². The molecule has 0 aliphatic heterocycles. The van der Waals surface area contributed by atoms with Crippen molar-refractivity contribution in [3.63, 3.8) is 0 Å². The molecule has 1 N–H and O–H groups in total. The quantitative estimate of drug-likeness (QED) is 0.825. The topological polar surface area (TPSA) is 55.8 Å². The Morgan fingerprint density at radius 3 is 2.27 bits per heavy atom. The Labute approximate surface area is 88.4 Å². The molecule has 0 heterocycles. The van der Waals surface area contributed by atoms with E-state index in [1.165, 1.54) is 20.3 Å². The molecule has 1 aromatic rings. The Bertz CT molecular complexity index is 371. The number of hydrogen-bond acceptors (Lipinski definition) is 3. The van der Waals surface area contributed by atoms with E-state index in [0.717, 1.165) is 12.0 Å². The zero-order chi connectivity index (χ0) is 11.4. The summed E-state index contributed by atoms with van der Waals surface area (Å²) in [6.45, 7) is 1.97. The van der Waals surface area contributed by atoms with Gasteiger partial charge in [-0.1, -0.05) is 6.92 Å². The first kappa shape index (κ1) is 11.4. The number of methoxy groups -OCH3 is 2. The third-order valence-corrected chi connectivity index (χ3v) is 2.21. The van der Waals surface area contributed by atoms with Gasteiger partial charge in [0, 0.05) is 0 Å². The number of benzene rings is 1. The second-order valence-electron chi connectivity index (χ2n) is 3.02. The lowest BCUT2D eigenvalue weighted by atomic mass is 10.1. The highest BCUT2D eigenvalue weighted by molar-refractivity contribution is 5.91. The van der Waals surface area contributed by atoms with Gasteiger partial charge in [0.2, 0.25) is 0 Å². The summed E-state index contributed by atoms with van der Waals surface area (Å²) in [5.41, 5.74) is 1.05. The van der Waals surface area contributed by atoms with Crippen LogP contribution >= 0.6 is 0 Å². The Hall–Kier alpha value is -1.71. The van der Waals surface area contributed by atoms with E-state index < -0.39 is 5.97 Å². The van der Waals surface area contributed by atoms with Crippen molar-refractivity contribution < 1.29 is 19.4 Å². The minimum Gasteiger partial charge on any atom is -0.496 e.